The molecule has 0 aliphatic carbocycles. The van der Waals surface area contributed by atoms with E-state index >= 15 is 0 Å². The summed E-state index contributed by atoms with van der Waals surface area (Å²) in [6.07, 6.45) is 0. The Hall–Kier alpha value is -1.47. The molecule has 0 atom stereocenters. The predicted molar refractivity (Wildman–Crippen MR) is 59.3 cm³/mol. The van der Waals surface area contributed by atoms with Crippen molar-refractivity contribution in [2.24, 2.45) is 0 Å². The molecule has 0 aliphatic heterocycles. The average molecular weight is 221 g/mol. The number of nitrogens with zero attached hydrogens (tertiary/aromatic N) is 1. The summed E-state index contributed by atoms with van der Waals surface area (Å²) in [5.41, 5.74) is 1.75. The van der Waals surface area contributed by atoms with Crippen LogP contribution in [0.3, 0.4) is 0 Å². The van der Waals surface area contributed by atoms with Crippen molar-refractivity contribution in [1.82, 2.24) is 0 Å². The van der Waals surface area contributed by atoms with E-state index in [1.807, 2.05) is 12.1 Å². The summed E-state index contributed by atoms with van der Waals surface area (Å²) >= 11 is 1.50. The van der Waals surface area contributed by atoms with Gasteiger partial charge in [0.25, 0.3) is 0 Å². The van der Waals surface area contributed by atoms with Gasteiger partial charge in [0.2, 0.25) is 0 Å². The lowest BCUT2D eigenvalue weighted by Crippen LogP contribution is -2.03. The highest BCUT2D eigenvalue weighted by atomic mass is 32.2. The Morgan fingerprint density at radius 1 is 1.47 bits per heavy atom. The van der Waals surface area contributed by atoms with Crippen LogP contribution in [0.2, 0.25) is 0 Å². The normalized spacial score (nSPS) is 9.33. The molecule has 78 valence electrons. The molecule has 0 aromatic heterocycles. The summed E-state index contributed by atoms with van der Waals surface area (Å²) in [6, 6.07) is 9.38. The molecule has 15 heavy (non-hydrogen) atoms. The van der Waals surface area contributed by atoms with Gasteiger partial charge in [-0.3, -0.25) is 4.79 Å². The Morgan fingerprint density at radius 3 is 2.67 bits per heavy atom. The molecule has 1 aromatic rings. The standard InChI is InChI=1S/C11H11NO2S/c1-14-11(13)8-15-7-10-4-2-9(6-12)3-5-10/h2-5H,7-8H2,1H3. The number of carbonyl (C=O) groups is 1. The fourth-order valence-corrected chi connectivity index (χ4v) is 1.80. The summed E-state index contributed by atoms with van der Waals surface area (Å²) < 4.78 is 4.52. The van der Waals surface area contributed by atoms with Gasteiger partial charge in [0, 0.05) is 5.75 Å². The Bertz CT molecular complexity index is 367. The highest BCUT2D eigenvalue weighted by Crippen LogP contribution is 2.12. The predicted octanol–water partition coefficient (Wildman–Crippen LogP) is 1.96. The summed E-state index contributed by atoms with van der Waals surface area (Å²) in [7, 11) is 1.38. The second-order valence-electron chi connectivity index (χ2n) is 2.88. The van der Waals surface area contributed by atoms with Gasteiger partial charge in [-0.05, 0) is 17.7 Å². The fraction of sp³-hybridized carbons (Fsp3) is 0.273. The van der Waals surface area contributed by atoms with E-state index in [1.54, 1.807) is 12.1 Å². The van der Waals surface area contributed by atoms with Crippen LogP contribution in [-0.4, -0.2) is 18.8 Å². The number of methoxy groups -OCH3 is 1. The maximum absolute atomic E-state index is 10.8. The van der Waals surface area contributed by atoms with Crippen molar-refractivity contribution in [1.29, 1.82) is 5.26 Å². The van der Waals surface area contributed by atoms with E-state index in [4.69, 9.17) is 5.26 Å². The van der Waals surface area contributed by atoms with Gasteiger partial charge in [-0.1, -0.05) is 12.1 Å². The van der Waals surface area contributed by atoms with Crippen molar-refractivity contribution >= 4 is 17.7 Å². The molecule has 0 unspecified atom stereocenters. The summed E-state index contributed by atoms with van der Waals surface area (Å²) in [6.45, 7) is 0. The van der Waals surface area contributed by atoms with Crippen LogP contribution < -0.4 is 0 Å². The largest absolute Gasteiger partial charge is 0.468 e. The van der Waals surface area contributed by atoms with Crippen molar-refractivity contribution < 1.29 is 9.53 Å². The SMILES string of the molecule is COC(=O)CSCc1ccc(C#N)cc1. The third kappa shape index (κ3) is 4.05. The van der Waals surface area contributed by atoms with Crippen molar-refractivity contribution in [3.63, 3.8) is 0 Å². The molecule has 0 bridgehead atoms. The molecule has 0 radical (unpaired) electrons. The molecule has 0 aliphatic rings. The third-order valence-electron chi connectivity index (χ3n) is 1.80. The lowest BCUT2D eigenvalue weighted by atomic mass is 10.2. The number of thioether (sulfide) groups is 1. The van der Waals surface area contributed by atoms with E-state index in [1.165, 1.54) is 18.9 Å². The van der Waals surface area contributed by atoms with Crippen molar-refractivity contribution in [3.05, 3.63) is 35.4 Å². The van der Waals surface area contributed by atoms with E-state index in [0.29, 0.717) is 11.3 Å². The van der Waals surface area contributed by atoms with Crippen molar-refractivity contribution in [3.8, 4) is 6.07 Å². The van der Waals surface area contributed by atoms with E-state index in [9.17, 15) is 4.79 Å². The molecule has 0 heterocycles. The zero-order valence-corrected chi connectivity index (χ0v) is 9.21. The quantitative estimate of drug-likeness (QED) is 0.729. The highest BCUT2D eigenvalue weighted by molar-refractivity contribution is 7.99. The van der Waals surface area contributed by atoms with Gasteiger partial charge in [0.1, 0.15) is 0 Å². The summed E-state index contributed by atoms with van der Waals surface area (Å²) in [5, 5.41) is 8.59. The van der Waals surface area contributed by atoms with E-state index in [0.717, 1.165) is 11.3 Å². The van der Waals surface area contributed by atoms with Crippen LogP contribution in [0.4, 0.5) is 0 Å². The van der Waals surface area contributed by atoms with Gasteiger partial charge >= 0.3 is 5.97 Å². The maximum Gasteiger partial charge on any atom is 0.315 e. The number of rotatable bonds is 4. The number of hydrogen-bond donors (Lipinski definition) is 0. The topological polar surface area (TPSA) is 50.1 Å². The van der Waals surface area contributed by atoms with E-state index in [-0.39, 0.29) is 5.97 Å². The van der Waals surface area contributed by atoms with Crippen LogP contribution in [0.25, 0.3) is 0 Å². The fourth-order valence-electron chi connectivity index (χ4n) is 0.987. The minimum absolute atomic E-state index is 0.214. The van der Waals surface area contributed by atoms with Crippen molar-refractivity contribution in [2.45, 2.75) is 5.75 Å². The minimum atomic E-state index is -0.214. The Kier molecular flexibility index (Phi) is 4.72. The third-order valence-corrected chi connectivity index (χ3v) is 2.78. The molecule has 1 aromatic carbocycles. The molecule has 0 fully saturated rings. The summed E-state index contributed by atoms with van der Waals surface area (Å²) in [4.78, 5) is 10.8. The van der Waals surface area contributed by atoms with Crippen LogP contribution in [-0.2, 0) is 15.3 Å². The molecule has 0 saturated heterocycles. The average Bonchev–Trinajstić information content (AvgIpc) is 2.29. The van der Waals surface area contributed by atoms with Crippen LogP contribution in [0.5, 0.6) is 0 Å². The number of esters is 1. The number of benzene rings is 1. The smallest absolute Gasteiger partial charge is 0.315 e. The molecule has 0 N–H and O–H groups in total. The molecule has 0 amide bonds. The monoisotopic (exact) mass is 221 g/mol. The Morgan fingerprint density at radius 2 is 2.13 bits per heavy atom. The molecule has 0 spiro atoms. The zero-order valence-electron chi connectivity index (χ0n) is 8.40. The molecule has 0 saturated carbocycles. The van der Waals surface area contributed by atoms with Gasteiger partial charge in [0.15, 0.2) is 0 Å². The van der Waals surface area contributed by atoms with Gasteiger partial charge in [-0.15, -0.1) is 11.8 Å². The second-order valence-corrected chi connectivity index (χ2v) is 3.86. The van der Waals surface area contributed by atoms with E-state index < -0.39 is 0 Å². The molecular formula is C11H11NO2S. The van der Waals surface area contributed by atoms with Gasteiger partial charge in [0.05, 0.1) is 24.5 Å². The second kappa shape index (κ2) is 6.10. The number of nitriles is 1. The van der Waals surface area contributed by atoms with Crippen molar-refractivity contribution in [2.75, 3.05) is 12.9 Å². The molecule has 3 nitrogen and oxygen atoms in total. The van der Waals surface area contributed by atoms with Crippen LogP contribution in [0.1, 0.15) is 11.1 Å². The van der Waals surface area contributed by atoms with Gasteiger partial charge in [-0.25, -0.2) is 0 Å². The first-order valence-electron chi connectivity index (χ1n) is 4.40. The number of ether oxygens (including phenoxy) is 1. The van der Waals surface area contributed by atoms with Gasteiger partial charge < -0.3 is 4.74 Å². The molecule has 1 rings (SSSR count). The minimum Gasteiger partial charge on any atom is -0.468 e. The first-order chi connectivity index (χ1) is 7.26. The van der Waals surface area contributed by atoms with Crippen LogP contribution in [0.15, 0.2) is 24.3 Å². The van der Waals surface area contributed by atoms with Crippen LogP contribution in [0, 0.1) is 11.3 Å². The lowest BCUT2D eigenvalue weighted by molar-refractivity contribution is -0.137. The van der Waals surface area contributed by atoms with E-state index in [2.05, 4.69) is 10.8 Å². The molecular weight excluding hydrogens is 210 g/mol. The first kappa shape index (κ1) is 11.6. The maximum atomic E-state index is 10.8. The zero-order chi connectivity index (χ0) is 11.1. The van der Waals surface area contributed by atoms with Gasteiger partial charge in [-0.2, -0.15) is 5.26 Å². The number of carbonyl (C=O) groups excluding carboxylic acids is 1. The first-order valence-corrected chi connectivity index (χ1v) is 5.55. The number of hydrogen-bond acceptors (Lipinski definition) is 4. The lowest BCUT2D eigenvalue weighted by Gasteiger charge is -2.00. The van der Waals surface area contributed by atoms with Crippen LogP contribution >= 0.6 is 11.8 Å². The molecule has 4 heteroatoms. The Balaban J connectivity index is 2.38. The summed E-state index contributed by atoms with van der Waals surface area (Å²) in [5.74, 6) is 0.894. The Labute approximate surface area is 93.0 Å². The highest BCUT2D eigenvalue weighted by Gasteiger charge is 2.00.